The first-order valence-corrected chi connectivity index (χ1v) is 9.22. The van der Waals surface area contributed by atoms with E-state index in [9.17, 15) is 4.79 Å². The van der Waals surface area contributed by atoms with Crippen molar-refractivity contribution in [2.75, 3.05) is 13.1 Å². The van der Waals surface area contributed by atoms with Gasteiger partial charge in [-0.05, 0) is 55.5 Å². The Balaban J connectivity index is 1.68. The molecule has 0 spiro atoms. The summed E-state index contributed by atoms with van der Waals surface area (Å²) < 4.78 is 5.78. The lowest BCUT2D eigenvalue weighted by Crippen LogP contribution is -2.49. The van der Waals surface area contributed by atoms with Gasteiger partial charge in [0.05, 0.1) is 6.20 Å². The molecule has 2 heterocycles. The van der Waals surface area contributed by atoms with Crippen molar-refractivity contribution in [3.05, 3.63) is 59.4 Å². The molecule has 1 aromatic carbocycles. The number of nitrogens with zero attached hydrogens (tertiary/aromatic N) is 2. The second-order valence-corrected chi connectivity index (χ2v) is 7.14. The highest BCUT2D eigenvalue weighted by Crippen LogP contribution is 2.24. The lowest BCUT2D eigenvalue weighted by molar-refractivity contribution is 0.0573. The van der Waals surface area contributed by atoms with E-state index in [2.05, 4.69) is 11.9 Å². The number of hydrogen-bond acceptors (Lipinski definition) is 4. The number of nitrogens with two attached hydrogens (primary N) is 1. The molecule has 1 saturated heterocycles. The van der Waals surface area contributed by atoms with Crippen LogP contribution >= 0.6 is 0 Å². The van der Waals surface area contributed by atoms with Gasteiger partial charge in [0, 0.05) is 30.4 Å². The first-order valence-electron chi connectivity index (χ1n) is 9.22. The van der Waals surface area contributed by atoms with Crippen molar-refractivity contribution < 1.29 is 9.53 Å². The molecule has 26 heavy (non-hydrogen) atoms. The molecule has 0 radical (unpaired) electrons. The molecule has 3 rings (SSSR count). The van der Waals surface area contributed by atoms with Crippen LogP contribution in [-0.4, -0.2) is 34.9 Å². The van der Waals surface area contributed by atoms with Crippen LogP contribution in [0.1, 0.15) is 41.4 Å². The summed E-state index contributed by atoms with van der Waals surface area (Å²) in [5.41, 5.74) is 8.52. The number of rotatable bonds is 5. The van der Waals surface area contributed by atoms with Crippen LogP contribution in [0.2, 0.25) is 0 Å². The normalized spacial score (nSPS) is 20.0. The first-order chi connectivity index (χ1) is 12.6. The minimum atomic E-state index is 0.0613. The third-order valence-electron chi connectivity index (χ3n) is 4.97. The Bertz CT molecular complexity index is 745. The average Bonchev–Trinajstić information content (AvgIpc) is 2.67. The Morgan fingerprint density at radius 1 is 1.35 bits per heavy atom. The Labute approximate surface area is 155 Å². The van der Waals surface area contributed by atoms with E-state index in [1.807, 2.05) is 48.2 Å². The Kier molecular flexibility index (Phi) is 5.89. The van der Waals surface area contributed by atoms with Gasteiger partial charge in [-0.1, -0.05) is 19.1 Å². The molecule has 138 valence electrons. The molecule has 0 bridgehead atoms. The van der Waals surface area contributed by atoms with Crippen LogP contribution in [0.25, 0.3) is 0 Å². The molecule has 2 aromatic rings. The quantitative estimate of drug-likeness (QED) is 0.896. The van der Waals surface area contributed by atoms with Crippen LogP contribution in [-0.2, 0) is 6.61 Å². The summed E-state index contributed by atoms with van der Waals surface area (Å²) in [6.45, 7) is 5.86. The van der Waals surface area contributed by atoms with Crippen LogP contribution in [0.3, 0.4) is 0 Å². The molecule has 1 fully saturated rings. The summed E-state index contributed by atoms with van der Waals surface area (Å²) in [6, 6.07) is 11.6. The van der Waals surface area contributed by atoms with E-state index < -0.39 is 0 Å². The third-order valence-corrected chi connectivity index (χ3v) is 4.97. The van der Waals surface area contributed by atoms with Crippen molar-refractivity contribution in [2.24, 2.45) is 11.7 Å². The molecular formula is C21H27N3O2. The molecule has 5 heteroatoms. The summed E-state index contributed by atoms with van der Waals surface area (Å²) in [7, 11) is 0. The maximum atomic E-state index is 13.0. The number of aryl methyl sites for hydroxylation is 1. The van der Waals surface area contributed by atoms with Gasteiger partial charge in [-0.25, -0.2) is 0 Å². The standard InChI is InChI=1S/C21H27N3O2/c1-15-8-9-24(19(10-15)12-22)21(25)18-5-3-4-17(11-18)14-26-20-7-6-16(2)23-13-20/h3-7,11,13,15,19H,8-10,12,14,22H2,1-2H3. The molecule has 1 aromatic heterocycles. The van der Waals surface area contributed by atoms with Gasteiger partial charge >= 0.3 is 0 Å². The van der Waals surface area contributed by atoms with Gasteiger partial charge in [-0.15, -0.1) is 0 Å². The van der Waals surface area contributed by atoms with Crippen molar-refractivity contribution in [1.82, 2.24) is 9.88 Å². The van der Waals surface area contributed by atoms with E-state index in [-0.39, 0.29) is 11.9 Å². The van der Waals surface area contributed by atoms with E-state index in [1.54, 1.807) is 6.20 Å². The fourth-order valence-electron chi connectivity index (χ4n) is 3.41. The molecule has 2 N–H and O–H groups in total. The molecule has 1 amide bonds. The van der Waals surface area contributed by atoms with Gasteiger partial charge < -0.3 is 15.4 Å². The van der Waals surface area contributed by atoms with Gasteiger partial charge in [0.25, 0.3) is 5.91 Å². The Morgan fingerprint density at radius 2 is 2.19 bits per heavy atom. The SMILES string of the molecule is Cc1ccc(OCc2cccc(C(=O)N3CCC(C)CC3CN)c2)cn1. The summed E-state index contributed by atoms with van der Waals surface area (Å²) in [5.74, 6) is 1.40. The number of hydrogen-bond donors (Lipinski definition) is 1. The predicted octanol–water partition coefficient (Wildman–Crippen LogP) is 3.17. The molecule has 1 aliphatic heterocycles. The number of amides is 1. The monoisotopic (exact) mass is 353 g/mol. The molecule has 0 aliphatic carbocycles. The molecule has 2 atom stereocenters. The van der Waals surface area contributed by atoms with Crippen molar-refractivity contribution in [3.8, 4) is 5.75 Å². The highest BCUT2D eigenvalue weighted by Gasteiger charge is 2.29. The van der Waals surface area contributed by atoms with E-state index in [1.165, 1.54) is 0 Å². The van der Waals surface area contributed by atoms with Crippen LogP contribution in [0, 0.1) is 12.8 Å². The second kappa shape index (κ2) is 8.32. The van der Waals surface area contributed by atoms with E-state index in [0.717, 1.165) is 36.4 Å². The molecule has 0 saturated carbocycles. The number of likely N-dealkylation sites (tertiary alicyclic amines) is 1. The number of carbonyl (C=O) groups excluding carboxylic acids is 1. The minimum Gasteiger partial charge on any atom is -0.487 e. The summed E-state index contributed by atoms with van der Waals surface area (Å²) in [6.07, 6.45) is 3.72. The van der Waals surface area contributed by atoms with Gasteiger partial charge in [0.15, 0.2) is 0 Å². The number of ether oxygens (including phenoxy) is 1. The number of piperidine rings is 1. The second-order valence-electron chi connectivity index (χ2n) is 7.14. The zero-order valence-electron chi connectivity index (χ0n) is 15.5. The molecule has 5 nitrogen and oxygen atoms in total. The number of carbonyl (C=O) groups is 1. The van der Waals surface area contributed by atoms with Gasteiger partial charge in [-0.2, -0.15) is 0 Å². The van der Waals surface area contributed by atoms with Crippen LogP contribution < -0.4 is 10.5 Å². The fraction of sp³-hybridized carbons (Fsp3) is 0.429. The number of pyridine rings is 1. The number of aromatic nitrogens is 1. The summed E-state index contributed by atoms with van der Waals surface area (Å²) in [4.78, 5) is 19.1. The largest absolute Gasteiger partial charge is 0.487 e. The highest BCUT2D eigenvalue weighted by atomic mass is 16.5. The lowest BCUT2D eigenvalue weighted by Gasteiger charge is -2.38. The van der Waals surface area contributed by atoms with Crippen molar-refractivity contribution in [2.45, 2.75) is 39.3 Å². The first kappa shape index (κ1) is 18.4. The summed E-state index contributed by atoms with van der Waals surface area (Å²) >= 11 is 0. The van der Waals surface area contributed by atoms with Gasteiger partial charge in [-0.3, -0.25) is 9.78 Å². The predicted molar refractivity (Wildman–Crippen MR) is 102 cm³/mol. The van der Waals surface area contributed by atoms with E-state index in [0.29, 0.717) is 24.6 Å². The van der Waals surface area contributed by atoms with Crippen molar-refractivity contribution in [1.29, 1.82) is 0 Å². The smallest absolute Gasteiger partial charge is 0.254 e. The molecule has 1 aliphatic rings. The van der Waals surface area contributed by atoms with Crippen LogP contribution in [0.5, 0.6) is 5.75 Å². The Morgan fingerprint density at radius 3 is 2.92 bits per heavy atom. The third kappa shape index (κ3) is 4.41. The topological polar surface area (TPSA) is 68.5 Å². The van der Waals surface area contributed by atoms with Crippen molar-refractivity contribution in [3.63, 3.8) is 0 Å². The average molecular weight is 353 g/mol. The zero-order valence-corrected chi connectivity index (χ0v) is 15.5. The van der Waals surface area contributed by atoms with E-state index in [4.69, 9.17) is 10.5 Å². The summed E-state index contributed by atoms with van der Waals surface area (Å²) in [5, 5.41) is 0. The fourth-order valence-corrected chi connectivity index (χ4v) is 3.41. The highest BCUT2D eigenvalue weighted by molar-refractivity contribution is 5.94. The zero-order chi connectivity index (χ0) is 18.5. The van der Waals surface area contributed by atoms with Crippen LogP contribution in [0.4, 0.5) is 0 Å². The van der Waals surface area contributed by atoms with Crippen LogP contribution in [0.15, 0.2) is 42.6 Å². The molecular weight excluding hydrogens is 326 g/mol. The maximum absolute atomic E-state index is 13.0. The van der Waals surface area contributed by atoms with Gasteiger partial charge in [0.2, 0.25) is 0 Å². The lowest BCUT2D eigenvalue weighted by atomic mass is 9.92. The minimum absolute atomic E-state index is 0.0613. The number of benzene rings is 1. The van der Waals surface area contributed by atoms with Crippen molar-refractivity contribution >= 4 is 5.91 Å². The molecule has 2 unspecified atom stereocenters. The maximum Gasteiger partial charge on any atom is 0.254 e. The van der Waals surface area contributed by atoms with Gasteiger partial charge in [0.1, 0.15) is 12.4 Å². The van der Waals surface area contributed by atoms with E-state index >= 15 is 0 Å². The Hall–Kier alpha value is -2.40.